The second-order valence-corrected chi connectivity index (χ2v) is 9.97. The topological polar surface area (TPSA) is 46.1 Å². The van der Waals surface area contributed by atoms with Gasteiger partial charge in [-0.2, -0.15) is 10.2 Å². The van der Waals surface area contributed by atoms with Crippen molar-refractivity contribution in [2.24, 2.45) is 16.7 Å². The van der Waals surface area contributed by atoms with Gasteiger partial charge >= 0.3 is 0 Å². The van der Waals surface area contributed by atoms with Gasteiger partial charge in [-0.05, 0) is 66.7 Å². The van der Waals surface area contributed by atoms with Gasteiger partial charge in [-0.3, -0.25) is 4.79 Å². The Kier molecular flexibility index (Phi) is 4.28. The minimum absolute atomic E-state index is 0.0631. The SMILES string of the molecule is CC1(C)[C@@H](c2cnnc(-c3c(F)cccc3F)c2)CC[C@]1(C)C(=O)N1CCC2CC21. The van der Waals surface area contributed by atoms with Crippen LogP contribution < -0.4 is 0 Å². The minimum atomic E-state index is -0.653. The molecule has 1 amide bonds. The molecule has 2 heterocycles. The number of piperidine rings is 1. The number of halogens is 2. The number of amides is 1. The lowest BCUT2D eigenvalue weighted by Crippen LogP contribution is -2.48. The van der Waals surface area contributed by atoms with Gasteiger partial charge in [0.1, 0.15) is 11.6 Å². The fourth-order valence-electron chi connectivity index (χ4n) is 5.87. The summed E-state index contributed by atoms with van der Waals surface area (Å²) in [4.78, 5) is 15.7. The van der Waals surface area contributed by atoms with Crippen LogP contribution in [0, 0.1) is 28.4 Å². The summed E-state index contributed by atoms with van der Waals surface area (Å²) in [5.74, 6) is -0.267. The molecule has 0 radical (unpaired) electrons. The van der Waals surface area contributed by atoms with Gasteiger partial charge in [0.15, 0.2) is 0 Å². The van der Waals surface area contributed by atoms with Crippen LogP contribution in [0.1, 0.15) is 57.9 Å². The zero-order valence-corrected chi connectivity index (χ0v) is 17.7. The molecule has 4 atom stereocenters. The van der Waals surface area contributed by atoms with Crippen molar-refractivity contribution in [2.45, 2.75) is 58.4 Å². The van der Waals surface area contributed by atoms with Gasteiger partial charge in [-0.25, -0.2) is 8.78 Å². The molecule has 3 fully saturated rings. The molecule has 6 heteroatoms. The molecule has 5 rings (SSSR count). The van der Waals surface area contributed by atoms with Crippen LogP contribution in [-0.2, 0) is 4.79 Å². The maximum atomic E-state index is 14.3. The van der Waals surface area contributed by atoms with Crippen LogP contribution in [0.4, 0.5) is 8.78 Å². The quantitative estimate of drug-likeness (QED) is 0.718. The summed E-state index contributed by atoms with van der Waals surface area (Å²) in [6, 6.07) is 5.98. The first-order chi connectivity index (χ1) is 14.2. The summed E-state index contributed by atoms with van der Waals surface area (Å²) < 4.78 is 28.6. The average molecular weight is 411 g/mol. The highest BCUT2D eigenvalue weighted by atomic mass is 19.1. The van der Waals surface area contributed by atoms with E-state index in [0.717, 1.165) is 37.8 Å². The highest BCUT2D eigenvalue weighted by Crippen LogP contribution is 2.61. The molecule has 2 aliphatic carbocycles. The smallest absolute Gasteiger partial charge is 0.229 e. The summed E-state index contributed by atoms with van der Waals surface area (Å²) in [7, 11) is 0. The first-order valence-corrected chi connectivity index (χ1v) is 10.8. The Labute approximate surface area is 175 Å². The number of carbonyl (C=O) groups excluding carboxylic acids is 1. The molecule has 1 aromatic carbocycles. The summed E-state index contributed by atoms with van der Waals surface area (Å²) in [5, 5.41) is 8.06. The number of carbonyl (C=O) groups is 1. The molecule has 1 aliphatic heterocycles. The molecule has 3 aliphatic rings. The molecule has 2 aromatic rings. The van der Waals surface area contributed by atoms with Crippen LogP contribution >= 0.6 is 0 Å². The van der Waals surface area contributed by atoms with Crippen LogP contribution in [0.5, 0.6) is 0 Å². The molecule has 1 aromatic heterocycles. The van der Waals surface area contributed by atoms with Gasteiger partial charge in [0.2, 0.25) is 5.91 Å². The Morgan fingerprint density at radius 3 is 2.53 bits per heavy atom. The maximum absolute atomic E-state index is 14.3. The molecule has 0 N–H and O–H groups in total. The number of benzene rings is 1. The summed E-state index contributed by atoms with van der Waals surface area (Å²) >= 11 is 0. The molecule has 0 bridgehead atoms. The predicted octanol–water partition coefficient (Wildman–Crippen LogP) is 4.95. The normalized spacial score (nSPS) is 31.6. The lowest BCUT2D eigenvalue weighted by Gasteiger charge is -2.43. The number of hydrogen-bond donors (Lipinski definition) is 0. The van der Waals surface area contributed by atoms with Gasteiger partial charge in [-0.15, -0.1) is 0 Å². The fraction of sp³-hybridized carbons (Fsp3) is 0.542. The highest BCUT2D eigenvalue weighted by molar-refractivity contribution is 5.85. The van der Waals surface area contributed by atoms with E-state index >= 15 is 0 Å². The molecule has 1 saturated heterocycles. The van der Waals surface area contributed by atoms with E-state index in [2.05, 4.69) is 35.9 Å². The van der Waals surface area contributed by atoms with Gasteiger partial charge < -0.3 is 4.90 Å². The first-order valence-electron chi connectivity index (χ1n) is 10.8. The molecule has 2 unspecified atom stereocenters. The molecular formula is C24H27F2N3O. The Morgan fingerprint density at radius 1 is 1.17 bits per heavy atom. The Bertz CT molecular complexity index is 1000. The summed E-state index contributed by atoms with van der Waals surface area (Å²) in [6.07, 6.45) is 5.59. The first kappa shape index (κ1) is 19.6. The Balaban J connectivity index is 1.47. The van der Waals surface area contributed by atoms with Crippen LogP contribution in [0.2, 0.25) is 0 Å². The zero-order chi connectivity index (χ0) is 21.3. The van der Waals surface area contributed by atoms with Crippen molar-refractivity contribution in [1.82, 2.24) is 15.1 Å². The third-order valence-electron chi connectivity index (χ3n) is 8.28. The largest absolute Gasteiger partial charge is 0.339 e. The minimum Gasteiger partial charge on any atom is -0.339 e. The third kappa shape index (κ3) is 2.72. The van der Waals surface area contributed by atoms with Gasteiger partial charge in [0.25, 0.3) is 0 Å². The van der Waals surface area contributed by atoms with E-state index in [-0.39, 0.29) is 28.5 Å². The average Bonchev–Trinajstić information content (AvgIpc) is 3.29. The summed E-state index contributed by atoms with van der Waals surface area (Å²) in [5.41, 5.74) is 0.139. The van der Waals surface area contributed by atoms with Crippen molar-refractivity contribution in [2.75, 3.05) is 6.54 Å². The molecule has 158 valence electrons. The van der Waals surface area contributed by atoms with Crippen molar-refractivity contribution in [3.05, 3.63) is 47.7 Å². The fourth-order valence-corrected chi connectivity index (χ4v) is 5.87. The summed E-state index contributed by atoms with van der Waals surface area (Å²) in [6.45, 7) is 7.26. The number of fused-ring (bicyclic) bond motifs is 1. The van der Waals surface area contributed by atoms with Gasteiger partial charge in [-0.1, -0.05) is 26.8 Å². The molecule has 0 spiro atoms. The number of rotatable bonds is 3. The monoisotopic (exact) mass is 411 g/mol. The Hall–Kier alpha value is -2.37. The van der Waals surface area contributed by atoms with Crippen LogP contribution in [0.3, 0.4) is 0 Å². The molecule has 30 heavy (non-hydrogen) atoms. The van der Waals surface area contributed by atoms with E-state index in [9.17, 15) is 13.6 Å². The van der Waals surface area contributed by atoms with Crippen molar-refractivity contribution in [3.63, 3.8) is 0 Å². The number of hydrogen-bond acceptors (Lipinski definition) is 3. The maximum Gasteiger partial charge on any atom is 0.229 e. The van der Waals surface area contributed by atoms with Crippen molar-refractivity contribution in [3.8, 4) is 11.3 Å². The van der Waals surface area contributed by atoms with Gasteiger partial charge in [0.05, 0.1) is 22.9 Å². The van der Waals surface area contributed by atoms with E-state index in [1.54, 1.807) is 12.3 Å². The lowest BCUT2D eigenvalue weighted by molar-refractivity contribution is -0.146. The molecule has 2 saturated carbocycles. The van der Waals surface area contributed by atoms with Crippen LogP contribution in [0.15, 0.2) is 30.5 Å². The van der Waals surface area contributed by atoms with Gasteiger partial charge in [0, 0.05) is 12.6 Å². The van der Waals surface area contributed by atoms with E-state index < -0.39 is 17.0 Å². The highest BCUT2D eigenvalue weighted by Gasteiger charge is 2.60. The molecule has 4 nitrogen and oxygen atoms in total. The van der Waals surface area contributed by atoms with E-state index in [1.807, 2.05) is 0 Å². The standard InChI is InChI=1S/C24H27F2N3O/c1-23(2)16(7-9-24(23,3)22(30)29-10-8-14-12-20(14)29)15-11-19(28-27-13-15)21-17(25)5-4-6-18(21)26/h4-6,11,13-14,16,20H,7-10,12H2,1-3H3/t14?,16-,20?,24-/m1/s1. The third-order valence-corrected chi connectivity index (χ3v) is 8.28. The Morgan fingerprint density at radius 2 is 1.90 bits per heavy atom. The lowest BCUT2D eigenvalue weighted by atomic mass is 9.63. The van der Waals surface area contributed by atoms with E-state index in [1.165, 1.54) is 18.2 Å². The van der Waals surface area contributed by atoms with E-state index in [4.69, 9.17) is 0 Å². The van der Waals surface area contributed by atoms with Crippen LogP contribution in [0.25, 0.3) is 11.3 Å². The van der Waals surface area contributed by atoms with E-state index in [0.29, 0.717) is 12.0 Å². The van der Waals surface area contributed by atoms with Crippen molar-refractivity contribution >= 4 is 5.91 Å². The van der Waals surface area contributed by atoms with Crippen molar-refractivity contribution < 1.29 is 13.6 Å². The number of likely N-dealkylation sites (tertiary alicyclic amines) is 1. The second kappa shape index (κ2) is 6.56. The zero-order valence-electron chi connectivity index (χ0n) is 17.7. The molecular weight excluding hydrogens is 384 g/mol. The van der Waals surface area contributed by atoms with Crippen molar-refractivity contribution in [1.29, 1.82) is 0 Å². The predicted molar refractivity (Wildman–Crippen MR) is 109 cm³/mol. The number of aromatic nitrogens is 2. The number of nitrogens with zero attached hydrogens (tertiary/aromatic N) is 3. The van der Waals surface area contributed by atoms with Crippen LogP contribution in [-0.4, -0.2) is 33.6 Å². The second-order valence-electron chi connectivity index (χ2n) is 9.97.